The monoisotopic (exact) mass is 259 g/mol. The van der Waals surface area contributed by atoms with Gasteiger partial charge in [0.2, 0.25) is 0 Å². The van der Waals surface area contributed by atoms with Gasteiger partial charge in [-0.2, -0.15) is 0 Å². The second kappa shape index (κ2) is 6.54. The van der Waals surface area contributed by atoms with Crippen LogP contribution in [0, 0.1) is 0 Å². The standard InChI is InChI=1S/C13H29NO2Si/c1-8-9-10-11(12(15)16-5)14-17(6,7)13(2,3)4/h11,14H,8-10H2,1-7H3. The zero-order valence-corrected chi connectivity index (χ0v) is 13.5. The first-order valence-electron chi connectivity index (χ1n) is 6.51. The molecule has 0 aliphatic heterocycles. The predicted octanol–water partition coefficient (Wildman–Crippen LogP) is 3.31. The molecule has 0 fully saturated rings. The lowest BCUT2D eigenvalue weighted by molar-refractivity contribution is -0.142. The number of hydrogen-bond acceptors (Lipinski definition) is 3. The van der Waals surface area contributed by atoms with Crippen LogP contribution in [-0.4, -0.2) is 27.4 Å². The average Bonchev–Trinajstić information content (AvgIpc) is 2.21. The molecule has 0 radical (unpaired) electrons. The molecule has 1 atom stereocenters. The van der Waals surface area contributed by atoms with E-state index < -0.39 is 8.24 Å². The number of methoxy groups -OCH3 is 1. The second-order valence-electron chi connectivity index (χ2n) is 6.24. The van der Waals surface area contributed by atoms with Gasteiger partial charge in [-0.25, -0.2) is 0 Å². The molecular formula is C13H29NO2Si. The molecule has 4 heteroatoms. The lowest BCUT2D eigenvalue weighted by atomic mass is 10.1. The maximum Gasteiger partial charge on any atom is 0.322 e. The normalized spacial score (nSPS) is 14.5. The number of rotatable bonds is 6. The van der Waals surface area contributed by atoms with Crippen molar-refractivity contribution in [2.24, 2.45) is 0 Å². The zero-order valence-electron chi connectivity index (χ0n) is 12.5. The maximum absolute atomic E-state index is 11.8. The van der Waals surface area contributed by atoms with Gasteiger partial charge in [0.15, 0.2) is 0 Å². The predicted molar refractivity (Wildman–Crippen MR) is 75.7 cm³/mol. The molecule has 0 saturated heterocycles. The maximum atomic E-state index is 11.8. The molecule has 3 nitrogen and oxygen atoms in total. The zero-order chi connectivity index (χ0) is 13.7. The van der Waals surface area contributed by atoms with Gasteiger partial charge in [-0.05, 0) is 11.5 Å². The Labute approximate surface area is 107 Å². The molecule has 0 saturated carbocycles. The van der Waals surface area contributed by atoms with Crippen molar-refractivity contribution in [1.82, 2.24) is 4.98 Å². The van der Waals surface area contributed by atoms with E-state index in [0.717, 1.165) is 19.3 Å². The molecule has 0 bridgehead atoms. The molecule has 0 aromatic heterocycles. The Kier molecular flexibility index (Phi) is 6.41. The Morgan fingerprint density at radius 3 is 2.24 bits per heavy atom. The SMILES string of the molecule is CCCCC(N[Si](C)(C)C(C)(C)C)C(=O)OC. The lowest BCUT2D eigenvalue weighted by Crippen LogP contribution is -2.58. The molecule has 0 amide bonds. The summed E-state index contributed by atoms with van der Waals surface area (Å²) in [5, 5.41) is 0.228. The van der Waals surface area contributed by atoms with Gasteiger partial charge >= 0.3 is 5.97 Å². The summed E-state index contributed by atoms with van der Waals surface area (Å²) in [4.78, 5) is 15.3. The van der Waals surface area contributed by atoms with Crippen molar-refractivity contribution in [2.45, 2.75) is 71.1 Å². The Morgan fingerprint density at radius 1 is 1.35 bits per heavy atom. The quantitative estimate of drug-likeness (QED) is 0.587. The molecule has 0 aromatic carbocycles. The van der Waals surface area contributed by atoms with E-state index in [4.69, 9.17) is 4.74 Å². The fraction of sp³-hybridized carbons (Fsp3) is 0.923. The molecule has 17 heavy (non-hydrogen) atoms. The minimum Gasteiger partial charge on any atom is -0.468 e. The van der Waals surface area contributed by atoms with E-state index in [9.17, 15) is 4.79 Å². The van der Waals surface area contributed by atoms with Crippen LogP contribution in [0.1, 0.15) is 47.0 Å². The van der Waals surface area contributed by atoms with Crippen molar-refractivity contribution in [3.05, 3.63) is 0 Å². The summed E-state index contributed by atoms with van der Waals surface area (Å²) in [5.74, 6) is -0.122. The number of carbonyl (C=O) groups is 1. The topological polar surface area (TPSA) is 38.3 Å². The molecule has 1 N–H and O–H groups in total. The van der Waals surface area contributed by atoms with Crippen molar-refractivity contribution in [1.29, 1.82) is 0 Å². The van der Waals surface area contributed by atoms with Crippen LogP contribution in [-0.2, 0) is 9.53 Å². The van der Waals surface area contributed by atoms with Crippen LogP contribution in [0.15, 0.2) is 0 Å². The molecule has 0 aliphatic rings. The molecule has 0 aliphatic carbocycles. The lowest BCUT2D eigenvalue weighted by Gasteiger charge is -2.39. The minimum absolute atomic E-state index is 0.122. The Balaban J connectivity index is 4.68. The van der Waals surface area contributed by atoms with Gasteiger partial charge in [0.1, 0.15) is 8.24 Å². The molecule has 0 spiro atoms. The van der Waals surface area contributed by atoms with Crippen molar-refractivity contribution in [3.8, 4) is 0 Å². The largest absolute Gasteiger partial charge is 0.468 e. The smallest absolute Gasteiger partial charge is 0.322 e. The van der Waals surface area contributed by atoms with E-state index in [-0.39, 0.29) is 17.0 Å². The first-order valence-corrected chi connectivity index (χ1v) is 9.51. The average molecular weight is 259 g/mol. The van der Waals surface area contributed by atoms with Crippen LogP contribution in [0.3, 0.4) is 0 Å². The van der Waals surface area contributed by atoms with E-state index in [1.54, 1.807) is 0 Å². The van der Waals surface area contributed by atoms with E-state index in [0.29, 0.717) is 0 Å². The molecule has 0 rings (SSSR count). The number of unbranched alkanes of at least 4 members (excludes halogenated alkanes) is 1. The summed E-state index contributed by atoms with van der Waals surface area (Å²) in [6.45, 7) is 13.4. The summed E-state index contributed by atoms with van der Waals surface area (Å²) in [7, 11) is -0.181. The van der Waals surface area contributed by atoms with Gasteiger partial charge in [0, 0.05) is 0 Å². The van der Waals surface area contributed by atoms with Crippen LogP contribution in [0.25, 0.3) is 0 Å². The van der Waals surface area contributed by atoms with Crippen LogP contribution in [0.5, 0.6) is 0 Å². The summed E-state index contributed by atoms with van der Waals surface area (Å²) in [6, 6.07) is -0.138. The summed E-state index contributed by atoms with van der Waals surface area (Å²) in [6.07, 6.45) is 3.03. The van der Waals surface area contributed by atoms with Gasteiger partial charge in [0.05, 0.1) is 13.2 Å². The van der Waals surface area contributed by atoms with E-state index in [1.807, 2.05) is 0 Å². The van der Waals surface area contributed by atoms with Crippen molar-refractivity contribution >= 4 is 14.2 Å². The van der Waals surface area contributed by atoms with E-state index >= 15 is 0 Å². The molecule has 0 aromatic rings. The van der Waals surface area contributed by atoms with Crippen molar-refractivity contribution < 1.29 is 9.53 Å². The first kappa shape index (κ1) is 16.6. The van der Waals surface area contributed by atoms with Crippen LogP contribution >= 0.6 is 0 Å². The fourth-order valence-electron chi connectivity index (χ4n) is 1.45. The van der Waals surface area contributed by atoms with Crippen LogP contribution in [0.2, 0.25) is 18.1 Å². The molecule has 102 valence electrons. The van der Waals surface area contributed by atoms with Gasteiger partial charge in [0.25, 0.3) is 0 Å². The van der Waals surface area contributed by atoms with Gasteiger partial charge in [-0.15, -0.1) is 0 Å². The third-order valence-electron chi connectivity index (χ3n) is 3.74. The number of nitrogens with one attached hydrogen (secondary N) is 1. The highest BCUT2D eigenvalue weighted by molar-refractivity contribution is 6.78. The first-order chi connectivity index (χ1) is 7.65. The Hall–Kier alpha value is -0.353. The molecular weight excluding hydrogens is 230 g/mol. The fourth-order valence-corrected chi connectivity index (χ4v) is 3.02. The van der Waals surface area contributed by atoms with Crippen LogP contribution < -0.4 is 4.98 Å². The summed E-state index contributed by atoms with van der Waals surface area (Å²) >= 11 is 0. The van der Waals surface area contributed by atoms with Crippen LogP contribution in [0.4, 0.5) is 0 Å². The third-order valence-corrected chi connectivity index (χ3v) is 8.56. The highest BCUT2D eigenvalue weighted by Gasteiger charge is 2.38. The van der Waals surface area contributed by atoms with Gasteiger partial charge in [-0.3, -0.25) is 4.79 Å². The van der Waals surface area contributed by atoms with Gasteiger partial charge in [-0.1, -0.05) is 53.6 Å². The summed E-state index contributed by atoms with van der Waals surface area (Å²) < 4.78 is 4.89. The molecule has 1 unspecified atom stereocenters. The number of ether oxygens (including phenoxy) is 1. The highest BCUT2D eigenvalue weighted by atomic mass is 28.3. The van der Waals surface area contributed by atoms with Crippen molar-refractivity contribution in [3.63, 3.8) is 0 Å². The Bertz CT molecular complexity index is 246. The highest BCUT2D eigenvalue weighted by Crippen LogP contribution is 2.34. The number of hydrogen-bond donors (Lipinski definition) is 1. The van der Waals surface area contributed by atoms with E-state index in [2.05, 4.69) is 45.8 Å². The number of esters is 1. The van der Waals surface area contributed by atoms with Gasteiger partial charge < -0.3 is 9.72 Å². The summed E-state index contributed by atoms with van der Waals surface area (Å²) in [5.41, 5.74) is 0. The number of carbonyl (C=O) groups excluding carboxylic acids is 1. The third kappa shape index (κ3) is 5.21. The van der Waals surface area contributed by atoms with E-state index in [1.165, 1.54) is 7.11 Å². The molecule has 0 heterocycles. The van der Waals surface area contributed by atoms with Crippen molar-refractivity contribution in [2.75, 3.05) is 7.11 Å². The minimum atomic E-state index is -1.65. The second-order valence-corrected chi connectivity index (χ2v) is 11.3. The Morgan fingerprint density at radius 2 is 1.88 bits per heavy atom.